The fourth-order valence-corrected chi connectivity index (χ4v) is 3.19. The highest BCUT2D eigenvalue weighted by Gasteiger charge is 2.10. The third-order valence-corrected chi connectivity index (χ3v) is 4.89. The van der Waals surface area contributed by atoms with Gasteiger partial charge in [-0.25, -0.2) is 0 Å². The van der Waals surface area contributed by atoms with Gasteiger partial charge in [0, 0.05) is 12.8 Å². The summed E-state index contributed by atoms with van der Waals surface area (Å²) < 4.78 is 5.06. The maximum atomic E-state index is 12.0. The van der Waals surface area contributed by atoms with E-state index in [2.05, 4.69) is 6.92 Å². The number of hydrogen-bond donors (Lipinski definition) is 1. The summed E-state index contributed by atoms with van der Waals surface area (Å²) in [5.74, 6) is 0.541. The average Bonchev–Trinajstić information content (AvgIpc) is 2.66. The molecule has 1 rings (SSSR count). The summed E-state index contributed by atoms with van der Waals surface area (Å²) in [4.78, 5) is 24.0. The topological polar surface area (TPSA) is 63.6 Å². The lowest BCUT2D eigenvalue weighted by Gasteiger charge is -2.06. The average molecular weight is 377 g/mol. The number of carbonyl (C=O) groups excluding carboxylic acids is 2. The summed E-state index contributed by atoms with van der Waals surface area (Å²) in [6, 6.07) is 5.06. The van der Waals surface area contributed by atoms with E-state index in [1.54, 1.807) is 18.2 Å². The Kier molecular flexibility index (Phi) is 12.2. The normalized spacial score (nSPS) is 10.7. The zero-order valence-electron chi connectivity index (χ0n) is 17.1. The summed E-state index contributed by atoms with van der Waals surface area (Å²) in [6.07, 6.45) is 12.5. The second kappa shape index (κ2) is 14.2. The van der Waals surface area contributed by atoms with E-state index in [-0.39, 0.29) is 23.7 Å². The van der Waals surface area contributed by atoms with Crippen molar-refractivity contribution in [1.82, 2.24) is 0 Å². The standard InChI is InChI=1S/C23H36O4/c1-3-4-5-6-7-8-9-10-11-12-20(24)18-21(25)15-13-19-14-16-22(26)23(17-19)27-2/h14,16-17,26H,3-13,15,18H2,1-2H3. The number of phenolic OH excluding ortho intramolecular Hbond substituents is 1. The van der Waals surface area contributed by atoms with E-state index >= 15 is 0 Å². The number of phenols is 1. The number of ketones is 2. The number of rotatable bonds is 16. The zero-order chi connectivity index (χ0) is 19.9. The summed E-state index contributed by atoms with van der Waals surface area (Å²) in [5, 5.41) is 9.58. The van der Waals surface area contributed by atoms with Gasteiger partial charge in [-0.3, -0.25) is 9.59 Å². The van der Waals surface area contributed by atoms with E-state index in [4.69, 9.17) is 4.74 Å². The van der Waals surface area contributed by atoms with E-state index in [0.717, 1.165) is 18.4 Å². The molecule has 27 heavy (non-hydrogen) atoms. The van der Waals surface area contributed by atoms with Gasteiger partial charge in [0.05, 0.1) is 13.5 Å². The van der Waals surface area contributed by atoms with Crippen molar-refractivity contribution in [2.75, 3.05) is 7.11 Å². The Hall–Kier alpha value is -1.84. The molecule has 4 nitrogen and oxygen atoms in total. The highest BCUT2D eigenvalue weighted by Crippen LogP contribution is 2.26. The first-order chi connectivity index (χ1) is 13.1. The number of carbonyl (C=O) groups is 2. The molecule has 0 fully saturated rings. The molecule has 0 unspecified atom stereocenters. The van der Waals surface area contributed by atoms with E-state index in [9.17, 15) is 14.7 Å². The van der Waals surface area contributed by atoms with Crippen molar-refractivity contribution in [3.05, 3.63) is 23.8 Å². The third-order valence-electron chi connectivity index (χ3n) is 4.89. The van der Waals surface area contributed by atoms with E-state index < -0.39 is 0 Å². The molecule has 0 amide bonds. The maximum Gasteiger partial charge on any atom is 0.160 e. The molecule has 0 aromatic heterocycles. The molecule has 4 heteroatoms. The predicted molar refractivity (Wildman–Crippen MR) is 109 cm³/mol. The van der Waals surface area contributed by atoms with Crippen LogP contribution in [0, 0.1) is 0 Å². The van der Waals surface area contributed by atoms with Gasteiger partial charge in [0.1, 0.15) is 11.6 Å². The lowest BCUT2D eigenvalue weighted by molar-refractivity contribution is -0.127. The quantitative estimate of drug-likeness (QED) is 0.293. The maximum absolute atomic E-state index is 12.0. The molecule has 0 spiro atoms. The number of aryl methyl sites for hydroxylation is 1. The van der Waals surface area contributed by atoms with Crippen LogP contribution in [0.3, 0.4) is 0 Å². The summed E-state index contributed by atoms with van der Waals surface area (Å²) >= 11 is 0. The number of Topliss-reactive ketones (excluding diaryl/α,β-unsaturated/α-hetero) is 2. The minimum absolute atomic E-state index is 0.0111. The minimum Gasteiger partial charge on any atom is -0.504 e. The van der Waals surface area contributed by atoms with Crippen LogP contribution in [0.5, 0.6) is 11.5 Å². The van der Waals surface area contributed by atoms with E-state index in [0.29, 0.717) is 25.0 Å². The Balaban J connectivity index is 2.10. The third kappa shape index (κ3) is 10.8. The van der Waals surface area contributed by atoms with Crippen molar-refractivity contribution >= 4 is 11.6 Å². The van der Waals surface area contributed by atoms with Gasteiger partial charge in [-0.05, 0) is 30.5 Å². The van der Waals surface area contributed by atoms with E-state index in [1.807, 2.05) is 0 Å². The van der Waals surface area contributed by atoms with Crippen molar-refractivity contribution in [2.24, 2.45) is 0 Å². The largest absolute Gasteiger partial charge is 0.504 e. The molecule has 0 aliphatic heterocycles. The van der Waals surface area contributed by atoms with Gasteiger partial charge in [0.25, 0.3) is 0 Å². The smallest absolute Gasteiger partial charge is 0.160 e. The van der Waals surface area contributed by atoms with Crippen LogP contribution >= 0.6 is 0 Å². The van der Waals surface area contributed by atoms with Gasteiger partial charge < -0.3 is 9.84 Å². The molecule has 1 N–H and O–H groups in total. The Morgan fingerprint density at radius 3 is 2.11 bits per heavy atom. The van der Waals surface area contributed by atoms with E-state index in [1.165, 1.54) is 52.1 Å². The second-order valence-corrected chi connectivity index (χ2v) is 7.34. The van der Waals surface area contributed by atoms with Crippen LogP contribution < -0.4 is 4.74 Å². The fourth-order valence-electron chi connectivity index (χ4n) is 3.19. The van der Waals surface area contributed by atoms with Gasteiger partial charge in [-0.15, -0.1) is 0 Å². The molecule has 1 aromatic carbocycles. The van der Waals surface area contributed by atoms with Crippen molar-refractivity contribution in [3.8, 4) is 11.5 Å². The first kappa shape index (κ1) is 23.2. The Morgan fingerprint density at radius 1 is 0.889 bits per heavy atom. The first-order valence-corrected chi connectivity index (χ1v) is 10.5. The molecule has 0 aliphatic rings. The highest BCUT2D eigenvalue weighted by atomic mass is 16.5. The molecule has 1 aromatic rings. The van der Waals surface area contributed by atoms with Crippen LogP contribution in [-0.2, 0) is 16.0 Å². The molecule has 0 aliphatic carbocycles. The minimum atomic E-state index is -0.0111. The SMILES string of the molecule is CCCCCCCCCCCC(=O)CC(=O)CCc1ccc(O)c(OC)c1. The van der Waals surface area contributed by atoms with Crippen LogP contribution in [0.1, 0.15) is 89.5 Å². The molecule has 0 saturated carbocycles. The van der Waals surface area contributed by atoms with Crippen molar-refractivity contribution in [3.63, 3.8) is 0 Å². The Labute approximate surface area is 164 Å². The molecule has 152 valence electrons. The number of unbranched alkanes of at least 4 members (excludes halogenated alkanes) is 8. The number of benzene rings is 1. The first-order valence-electron chi connectivity index (χ1n) is 10.5. The van der Waals surface area contributed by atoms with Crippen molar-refractivity contribution in [1.29, 1.82) is 0 Å². The van der Waals surface area contributed by atoms with Gasteiger partial charge in [0.15, 0.2) is 11.5 Å². The van der Waals surface area contributed by atoms with Crippen LogP contribution in [0.2, 0.25) is 0 Å². The summed E-state index contributed by atoms with van der Waals surface area (Å²) in [7, 11) is 1.50. The van der Waals surface area contributed by atoms with Crippen LogP contribution in [0.15, 0.2) is 18.2 Å². The molecule has 0 saturated heterocycles. The molecule has 0 bridgehead atoms. The van der Waals surface area contributed by atoms with Crippen LogP contribution in [0.4, 0.5) is 0 Å². The summed E-state index contributed by atoms with van der Waals surface area (Å²) in [5.41, 5.74) is 0.921. The summed E-state index contributed by atoms with van der Waals surface area (Å²) in [6.45, 7) is 2.23. The van der Waals surface area contributed by atoms with Crippen LogP contribution in [-0.4, -0.2) is 23.8 Å². The lowest BCUT2D eigenvalue weighted by atomic mass is 10.0. The van der Waals surface area contributed by atoms with Gasteiger partial charge in [-0.2, -0.15) is 0 Å². The van der Waals surface area contributed by atoms with Gasteiger partial charge >= 0.3 is 0 Å². The van der Waals surface area contributed by atoms with Gasteiger partial charge in [0.2, 0.25) is 0 Å². The Bertz CT molecular complexity index is 565. The monoisotopic (exact) mass is 376 g/mol. The molecular weight excluding hydrogens is 340 g/mol. The van der Waals surface area contributed by atoms with Crippen molar-refractivity contribution in [2.45, 2.75) is 90.4 Å². The van der Waals surface area contributed by atoms with Crippen molar-refractivity contribution < 1.29 is 19.4 Å². The molecule has 0 heterocycles. The number of hydrogen-bond acceptors (Lipinski definition) is 4. The lowest BCUT2D eigenvalue weighted by Crippen LogP contribution is -2.08. The number of methoxy groups -OCH3 is 1. The van der Waals surface area contributed by atoms with Crippen LogP contribution in [0.25, 0.3) is 0 Å². The van der Waals surface area contributed by atoms with Gasteiger partial charge in [-0.1, -0.05) is 64.4 Å². The number of ether oxygens (including phenoxy) is 1. The fraction of sp³-hybridized carbons (Fsp3) is 0.652. The zero-order valence-corrected chi connectivity index (χ0v) is 17.1. The molecule has 0 atom stereocenters. The molecular formula is C23H36O4. The molecule has 0 radical (unpaired) electrons. The second-order valence-electron chi connectivity index (χ2n) is 7.34. The highest BCUT2D eigenvalue weighted by molar-refractivity contribution is 5.99. The Morgan fingerprint density at radius 2 is 1.48 bits per heavy atom. The number of aromatic hydroxyl groups is 1. The predicted octanol–water partition coefficient (Wildman–Crippen LogP) is 5.78.